The van der Waals surface area contributed by atoms with Gasteiger partial charge in [-0.15, -0.1) is 0 Å². The van der Waals surface area contributed by atoms with Crippen molar-refractivity contribution in [1.29, 1.82) is 0 Å². The molecule has 2 rings (SSSR count). The van der Waals surface area contributed by atoms with Gasteiger partial charge in [-0.3, -0.25) is 24.1 Å². The molecule has 25 heavy (non-hydrogen) atoms. The van der Waals surface area contributed by atoms with Gasteiger partial charge < -0.3 is 9.64 Å². The van der Waals surface area contributed by atoms with Gasteiger partial charge in [0.1, 0.15) is 6.04 Å². The smallest absolute Gasteiger partial charge is 0.307 e. The van der Waals surface area contributed by atoms with E-state index in [1.807, 2.05) is 0 Å². The summed E-state index contributed by atoms with van der Waals surface area (Å²) in [4.78, 5) is 51.6. The molecule has 7 nitrogen and oxygen atoms in total. The number of esters is 1. The minimum absolute atomic E-state index is 0.0717. The van der Waals surface area contributed by atoms with Crippen molar-refractivity contribution < 1.29 is 23.9 Å². The highest BCUT2D eigenvalue weighted by Crippen LogP contribution is 2.25. The molecule has 0 saturated heterocycles. The molecule has 0 aliphatic carbocycles. The second-order valence-electron chi connectivity index (χ2n) is 5.67. The Morgan fingerprint density at radius 2 is 1.68 bits per heavy atom. The van der Waals surface area contributed by atoms with Gasteiger partial charge in [0.05, 0.1) is 24.2 Å². The number of fused-ring (bicyclic) bond motifs is 1. The van der Waals surface area contributed by atoms with Gasteiger partial charge in [0.15, 0.2) is 0 Å². The van der Waals surface area contributed by atoms with Crippen molar-refractivity contribution in [3.8, 4) is 0 Å². The average Bonchev–Trinajstić information content (AvgIpc) is 2.86. The molecular weight excluding hydrogens is 324 g/mol. The lowest BCUT2D eigenvalue weighted by molar-refractivity contribution is -0.144. The quantitative estimate of drug-likeness (QED) is 0.551. The minimum Gasteiger partial charge on any atom is -0.466 e. The van der Waals surface area contributed by atoms with Crippen molar-refractivity contribution in [3.05, 3.63) is 35.4 Å². The zero-order chi connectivity index (χ0) is 18.6. The van der Waals surface area contributed by atoms with Gasteiger partial charge in [0.2, 0.25) is 5.91 Å². The number of imide groups is 1. The highest BCUT2D eigenvalue weighted by molar-refractivity contribution is 6.22. The summed E-state index contributed by atoms with van der Waals surface area (Å²) in [7, 11) is 0. The Hall–Kier alpha value is -2.70. The standard InChI is InChI=1S/C18H22N2O5/c1-4-19(11-10-15(21)25-5-2)16(22)12(3)20-17(23)13-8-6-7-9-14(13)18(20)24/h6-9,12H,4-5,10-11H2,1-3H3. The zero-order valence-corrected chi connectivity index (χ0v) is 14.7. The van der Waals surface area contributed by atoms with Crippen LogP contribution in [0.25, 0.3) is 0 Å². The molecule has 1 atom stereocenters. The molecule has 0 fully saturated rings. The van der Waals surface area contributed by atoms with Gasteiger partial charge in [-0.25, -0.2) is 0 Å². The van der Waals surface area contributed by atoms with E-state index in [4.69, 9.17) is 4.74 Å². The van der Waals surface area contributed by atoms with Crippen LogP contribution >= 0.6 is 0 Å². The van der Waals surface area contributed by atoms with Crippen LogP contribution in [0.5, 0.6) is 0 Å². The third-order valence-electron chi connectivity index (χ3n) is 4.15. The fourth-order valence-corrected chi connectivity index (χ4v) is 2.82. The van der Waals surface area contributed by atoms with E-state index in [2.05, 4.69) is 0 Å². The predicted octanol–water partition coefficient (Wildman–Crippen LogP) is 1.47. The predicted molar refractivity (Wildman–Crippen MR) is 89.9 cm³/mol. The summed E-state index contributed by atoms with van der Waals surface area (Å²) in [6.45, 7) is 5.85. The molecule has 1 aliphatic rings. The number of ether oxygens (including phenoxy) is 1. The maximum Gasteiger partial charge on any atom is 0.307 e. The minimum atomic E-state index is -0.936. The number of likely N-dealkylation sites (N-methyl/N-ethyl adjacent to an activating group) is 1. The fraction of sp³-hybridized carbons (Fsp3) is 0.444. The second-order valence-corrected chi connectivity index (χ2v) is 5.67. The van der Waals surface area contributed by atoms with Crippen molar-refractivity contribution in [2.75, 3.05) is 19.7 Å². The Bertz CT molecular complexity index is 665. The first-order valence-corrected chi connectivity index (χ1v) is 8.33. The molecule has 1 unspecified atom stereocenters. The van der Waals surface area contributed by atoms with E-state index >= 15 is 0 Å². The van der Waals surface area contributed by atoms with E-state index in [-0.39, 0.29) is 31.4 Å². The van der Waals surface area contributed by atoms with E-state index in [0.717, 1.165) is 4.90 Å². The summed E-state index contributed by atoms with van der Waals surface area (Å²) in [6, 6.07) is 5.57. The van der Waals surface area contributed by atoms with Crippen LogP contribution in [0.1, 0.15) is 47.9 Å². The molecule has 3 amide bonds. The molecule has 0 aromatic heterocycles. The lowest BCUT2D eigenvalue weighted by atomic mass is 10.1. The maximum atomic E-state index is 12.7. The van der Waals surface area contributed by atoms with Crippen LogP contribution in [0.2, 0.25) is 0 Å². The molecule has 0 N–H and O–H groups in total. The first-order valence-electron chi connectivity index (χ1n) is 8.33. The van der Waals surface area contributed by atoms with Crippen LogP contribution in [0.4, 0.5) is 0 Å². The highest BCUT2D eigenvalue weighted by Gasteiger charge is 2.41. The number of carbonyl (C=O) groups excluding carboxylic acids is 4. The molecule has 7 heteroatoms. The van der Waals surface area contributed by atoms with Gasteiger partial charge >= 0.3 is 5.97 Å². The third-order valence-corrected chi connectivity index (χ3v) is 4.15. The monoisotopic (exact) mass is 346 g/mol. The van der Waals surface area contributed by atoms with Crippen LogP contribution in [-0.2, 0) is 14.3 Å². The number of rotatable bonds is 7. The van der Waals surface area contributed by atoms with Crippen molar-refractivity contribution >= 4 is 23.7 Å². The molecule has 1 aromatic rings. The van der Waals surface area contributed by atoms with E-state index in [0.29, 0.717) is 17.7 Å². The average molecular weight is 346 g/mol. The second kappa shape index (κ2) is 7.92. The van der Waals surface area contributed by atoms with Gasteiger partial charge in [-0.1, -0.05) is 12.1 Å². The summed E-state index contributed by atoms with van der Waals surface area (Å²) < 4.78 is 4.86. The molecule has 0 radical (unpaired) electrons. The Labute approximate surface area is 146 Å². The molecule has 0 saturated carbocycles. The molecule has 1 heterocycles. The largest absolute Gasteiger partial charge is 0.466 e. The number of hydrogen-bond acceptors (Lipinski definition) is 5. The van der Waals surface area contributed by atoms with Gasteiger partial charge in [-0.05, 0) is 32.9 Å². The van der Waals surface area contributed by atoms with Gasteiger partial charge in [0.25, 0.3) is 11.8 Å². The van der Waals surface area contributed by atoms with Crippen molar-refractivity contribution in [2.45, 2.75) is 33.2 Å². The van der Waals surface area contributed by atoms with E-state index in [9.17, 15) is 19.2 Å². The third kappa shape index (κ3) is 3.70. The molecule has 1 aliphatic heterocycles. The van der Waals surface area contributed by atoms with Crippen LogP contribution in [-0.4, -0.2) is 59.2 Å². The number of carbonyl (C=O) groups is 4. The summed E-state index contributed by atoms with van der Waals surface area (Å²) >= 11 is 0. The Morgan fingerprint density at radius 1 is 1.12 bits per heavy atom. The SMILES string of the molecule is CCOC(=O)CCN(CC)C(=O)C(C)N1C(=O)c2ccccc2C1=O. The molecule has 134 valence electrons. The Morgan fingerprint density at radius 3 is 2.16 bits per heavy atom. The van der Waals surface area contributed by atoms with Crippen LogP contribution < -0.4 is 0 Å². The van der Waals surface area contributed by atoms with Gasteiger partial charge in [-0.2, -0.15) is 0 Å². The molecule has 0 bridgehead atoms. The van der Waals surface area contributed by atoms with Crippen molar-refractivity contribution in [3.63, 3.8) is 0 Å². The summed E-state index contributed by atoms with van der Waals surface area (Å²) in [6.07, 6.45) is 0.0717. The number of benzene rings is 1. The van der Waals surface area contributed by atoms with Gasteiger partial charge in [0, 0.05) is 13.1 Å². The van der Waals surface area contributed by atoms with Crippen molar-refractivity contribution in [1.82, 2.24) is 9.80 Å². The van der Waals surface area contributed by atoms with E-state index in [1.165, 1.54) is 11.8 Å². The van der Waals surface area contributed by atoms with E-state index < -0.39 is 17.9 Å². The Kier molecular flexibility index (Phi) is 5.90. The topological polar surface area (TPSA) is 84.0 Å². The normalized spacial score (nSPS) is 14.3. The summed E-state index contributed by atoms with van der Waals surface area (Å²) in [5.74, 6) is -1.70. The maximum absolute atomic E-state index is 12.7. The zero-order valence-electron chi connectivity index (χ0n) is 14.7. The summed E-state index contributed by atoms with van der Waals surface area (Å²) in [5, 5.41) is 0. The van der Waals surface area contributed by atoms with Crippen LogP contribution in [0.3, 0.4) is 0 Å². The van der Waals surface area contributed by atoms with Crippen molar-refractivity contribution in [2.24, 2.45) is 0 Å². The summed E-state index contributed by atoms with van der Waals surface area (Å²) in [5.41, 5.74) is 0.614. The van der Waals surface area contributed by atoms with E-state index in [1.54, 1.807) is 38.1 Å². The first-order chi connectivity index (χ1) is 11.9. The molecule has 1 aromatic carbocycles. The highest BCUT2D eigenvalue weighted by atomic mass is 16.5. The number of amides is 3. The molecular formula is C18H22N2O5. The lowest BCUT2D eigenvalue weighted by Crippen LogP contribution is -2.49. The Balaban J connectivity index is 2.10. The first kappa shape index (κ1) is 18.6. The molecule has 0 spiro atoms. The van der Waals surface area contributed by atoms with Crippen LogP contribution in [0.15, 0.2) is 24.3 Å². The fourth-order valence-electron chi connectivity index (χ4n) is 2.82. The number of hydrogen-bond donors (Lipinski definition) is 0. The lowest BCUT2D eigenvalue weighted by Gasteiger charge is -2.28. The number of nitrogens with zero attached hydrogens (tertiary/aromatic N) is 2. The van der Waals surface area contributed by atoms with Crippen LogP contribution in [0, 0.1) is 0 Å².